The quantitative estimate of drug-likeness (QED) is 0.311. The number of carbonyl (C=O) groups is 1. The summed E-state index contributed by atoms with van der Waals surface area (Å²) in [6.45, 7) is 12.7. The fraction of sp³-hybridized carbons (Fsp3) is 0.650. The number of carbonyl (C=O) groups excluding carboxylic acids is 1. The maximum Gasteiger partial charge on any atom is 0.534 e. The molecular formula is C20H27F3O6S. The van der Waals surface area contributed by atoms with Gasteiger partial charge in [0.1, 0.15) is 11.5 Å². The van der Waals surface area contributed by atoms with Crippen molar-refractivity contribution in [3.63, 3.8) is 0 Å². The number of ether oxygens (including phenoxy) is 2. The van der Waals surface area contributed by atoms with Gasteiger partial charge in [-0.25, -0.2) is 0 Å². The number of alkyl halides is 3. The zero-order valence-corrected chi connectivity index (χ0v) is 18.1. The van der Waals surface area contributed by atoms with Crippen molar-refractivity contribution in [3.05, 3.63) is 36.6 Å². The number of allylic oxidation sites excluding steroid dienone is 3. The minimum absolute atomic E-state index is 0.158. The molecule has 0 aromatic carbocycles. The Morgan fingerprint density at radius 1 is 1.30 bits per heavy atom. The van der Waals surface area contributed by atoms with E-state index in [1.807, 2.05) is 0 Å². The Morgan fingerprint density at radius 2 is 1.87 bits per heavy atom. The predicted octanol–water partition coefficient (Wildman–Crippen LogP) is 4.25. The van der Waals surface area contributed by atoms with Crippen LogP contribution in [-0.2, 0) is 28.6 Å². The summed E-state index contributed by atoms with van der Waals surface area (Å²) in [5.41, 5.74) is -8.05. The van der Waals surface area contributed by atoms with Crippen molar-refractivity contribution in [2.24, 2.45) is 16.7 Å². The van der Waals surface area contributed by atoms with Crippen LogP contribution in [0.25, 0.3) is 0 Å². The Hall–Kier alpha value is -1.65. The Bertz CT molecular complexity index is 841. The zero-order valence-electron chi connectivity index (χ0n) is 17.3. The first-order valence-corrected chi connectivity index (χ1v) is 10.9. The van der Waals surface area contributed by atoms with Crippen molar-refractivity contribution in [2.45, 2.75) is 51.8 Å². The molecule has 3 atom stereocenters. The van der Waals surface area contributed by atoms with Gasteiger partial charge in [-0.3, -0.25) is 4.79 Å². The summed E-state index contributed by atoms with van der Waals surface area (Å²) < 4.78 is 78.1. The lowest BCUT2D eigenvalue weighted by Gasteiger charge is -2.42. The van der Waals surface area contributed by atoms with E-state index in [9.17, 15) is 26.4 Å². The third kappa shape index (κ3) is 4.36. The fourth-order valence-electron chi connectivity index (χ4n) is 3.75. The molecular weight excluding hydrogens is 425 g/mol. The highest BCUT2D eigenvalue weighted by molar-refractivity contribution is 7.87. The van der Waals surface area contributed by atoms with Crippen LogP contribution in [0.1, 0.15) is 40.0 Å². The first-order chi connectivity index (χ1) is 13.7. The smallest absolute Gasteiger partial charge is 0.379 e. The zero-order chi connectivity index (χ0) is 23.0. The van der Waals surface area contributed by atoms with Crippen LogP contribution >= 0.6 is 0 Å². The topological polar surface area (TPSA) is 78.9 Å². The highest BCUT2D eigenvalue weighted by Gasteiger charge is 2.55. The lowest BCUT2D eigenvalue weighted by Crippen LogP contribution is -2.45. The maximum absolute atomic E-state index is 13.5. The van der Waals surface area contributed by atoms with Crippen LogP contribution in [0.2, 0.25) is 0 Å². The second-order valence-corrected chi connectivity index (χ2v) is 9.60. The van der Waals surface area contributed by atoms with Crippen molar-refractivity contribution in [1.29, 1.82) is 0 Å². The average molecular weight is 452 g/mol. The summed E-state index contributed by atoms with van der Waals surface area (Å²) in [6, 6.07) is 0. The van der Waals surface area contributed by atoms with Gasteiger partial charge in [-0.15, -0.1) is 6.58 Å². The van der Waals surface area contributed by atoms with Crippen LogP contribution in [0.3, 0.4) is 0 Å². The van der Waals surface area contributed by atoms with Crippen molar-refractivity contribution < 1.29 is 40.0 Å². The van der Waals surface area contributed by atoms with E-state index >= 15 is 0 Å². The summed E-state index contributed by atoms with van der Waals surface area (Å²) in [4.78, 5) is 13.5. The van der Waals surface area contributed by atoms with Crippen molar-refractivity contribution in [2.75, 3.05) is 13.2 Å². The summed E-state index contributed by atoms with van der Waals surface area (Å²) in [6.07, 6.45) is 2.49. The van der Waals surface area contributed by atoms with Crippen LogP contribution in [0.5, 0.6) is 0 Å². The lowest BCUT2D eigenvalue weighted by atomic mass is 9.63. The number of hydrogen-bond acceptors (Lipinski definition) is 6. The fourth-order valence-corrected chi connectivity index (χ4v) is 4.34. The van der Waals surface area contributed by atoms with Gasteiger partial charge in [0.25, 0.3) is 0 Å². The third-order valence-electron chi connectivity index (χ3n) is 6.07. The SMILES string of the molecule is C=CC1=C(OS(=O)(=O)C(F)(F)F)[C@](C)(C(=O)C[C@@](C)(C=C)C2OCCO2)[C@H](C)CC1. The van der Waals surface area contributed by atoms with Gasteiger partial charge < -0.3 is 13.7 Å². The van der Waals surface area contributed by atoms with Gasteiger partial charge in [0.2, 0.25) is 0 Å². The largest absolute Gasteiger partial charge is 0.534 e. The van der Waals surface area contributed by atoms with E-state index in [1.54, 1.807) is 13.8 Å². The van der Waals surface area contributed by atoms with Gasteiger partial charge in [0.05, 0.1) is 18.6 Å². The first-order valence-electron chi connectivity index (χ1n) is 9.50. The highest BCUT2D eigenvalue weighted by Crippen LogP contribution is 2.50. The van der Waals surface area contributed by atoms with Crippen LogP contribution in [0, 0.1) is 16.7 Å². The molecule has 0 aromatic heterocycles. The molecule has 30 heavy (non-hydrogen) atoms. The molecule has 1 saturated heterocycles. The molecule has 0 N–H and O–H groups in total. The van der Waals surface area contributed by atoms with Gasteiger partial charge in [-0.2, -0.15) is 21.6 Å². The number of hydrogen-bond donors (Lipinski definition) is 0. The third-order valence-corrected chi connectivity index (χ3v) is 7.02. The van der Waals surface area contributed by atoms with Crippen LogP contribution < -0.4 is 0 Å². The molecule has 0 bridgehead atoms. The molecule has 0 radical (unpaired) electrons. The second kappa shape index (κ2) is 8.47. The molecule has 1 fully saturated rings. The molecule has 1 aliphatic carbocycles. The summed E-state index contributed by atoms with van der Waals surface area (Å²) in [5.74, 6) is -1.51. The van der Waals surface area contributed by atoms with E-state index in [0.717, 1.165) is 0 Å². The molecule has 10 heteroatoms. The molecule has 0 spiro atoms. The Balaban J connectivity index is 2.50. The monoisotopic (exact) mass is 452 g/mol. The number of Topliss-reactive ketones (excluding diaryl/α,β-unsaturated/α-hetero) is 1. The van der Waals surface area contributed by atoms with Crippen LogP contribution in [0.4, 0.5) is 13.2 Å². The molecule has 6 nitrogen and oxygen atoms in total. The standard InChI is InChI=1S/C20H27F3O6S/c1-6-14-9-8-13(3)19(5,16(14)29-30(25,26)20(21,22)23)15(24)12-18(4,7-2)17-27-10-11-28-17/h6-7,13,17H,1-2,8-12H2,3-5H3/t13-,18-,19+/m1/s1. The van der Waals surface area contributed by atoms with E-state index < -0.39 is 50.2 Å². The Labute approximate surface area is 174 Å². The molecule has 170 valence electrons. The minimum Gasteiger partial charge on any atom is -0.379 e. The Morgan fingerprint density at radius 3 is 2.33 bits per heavy atom. The van der Waals surface area contributed by atoms with Crippen molar-refractivity contribution >= 4 is 15.9 Å². The minimum atomic E-state index is -5.96. The molecule has 1 aliphatic heterocycles. The van der Waals surface area contributed by atoms with Crippen molar-refractivity contribution in [1.82, 2.24) is 0 Å². The molecule has 1 heterocycles. The Kier molecular flexibility index (Phi) is 6.95. The lowest BCUT2D eigenvalue weighted by molar-refractivity contribution is -0.143. The molecule has 2 rings (SSSR count). The van der Waals surface area contributed by atoms with Gasteiger partial charge >= 0.3 is 15.6 Å². The predicted molar refractivity (Wildman–Crippen MR) is 103 cm³/mol. The molecule has 0 saturated carbocycles. The van der Waals surface area contributed by atoms with Crippen LogP contribution in [0.15, 0.2) is 36.6 Å². The van der Waals surface area contributed by atoms with Gasteiger partial charge in [-0.1, -0.05) is 32.6 Å². The highest BCUT2D eigenvalue weighted by atomic mass is 32.2. The maximum atomic E-state index is 13.5. The van der Waals surface area contributed by atoms with E-state index in [1.165, 1.54) is 19.1 Å². The summed E-state index contributed by atoms with van der Waals surface area (Å²) >= 11 is 0. The molecule has 2 aliphatic rings. The van der Waals surface area contributed by atoms with Crippen molar-refractivity contribution in [3.8, 4) is 0 Å². The van der Waals surface area contributed by atoms with Crippen LogP contribution in [-0.4, -0.2) is 39.2 Å². The number of rotatable bonds is 8. The average Bonchev–Trinajstić information content (AvgIpc) is 3.20. The second-order valence-electron chi connectivity index (χ2n) is 8.07. The number of halogens is 3. The van der Waals surface area contributed by atoms with E-state index in [2.05, 4.69) is 17.3 Å². The molecule has 0 unspecified atom stereocenters. The summed E-state index contributed by atoms with van der Waals surface area (Å²) in [7, 11) is -5.96. The van der Waals surface area contributed by atoms with Gasteiger partial charge in [0, 0.05) is 11.8 Å². The van der Waals surface area contributed by atoms with Gasteiger partial charge in [0.15, 0.2) is 6.29 Å². The van der Waals surface area contributed by atoms with E-state index in [-0.39, 0.29) is 18.4 Å². The molecule has 0 amide bonds. The normalized spacial score (nSPS) is 28.1. The van der Waals surface area contributed by atoms with E-state index in [0.29, 0.717) is 19.6 Å². The van der Waals surface area contributed by atoms with Gasteiger partial charge in [-0.05, 0) is 31.3 Å². The molecule has 0 aromatic rings. The first kappa shape index (κ1) is 24.6. The number of ketones is 1. The summed E-state index contributed by atoms with van der Waals surface area (Å²) in [5, 5.41) is 0. The van der Waals surface area contributed by atoms with E-state index in [4.69, 9.17) is 9.47 Å².